The molecule has 1 saturated carbocycles. The molecule has 0 aliphatic heterocycles. The summed E-state index contributed by atoms with van der Waals surface area (Å²) < 4.78 is 12.8. The van der Waals surface area contributed by atoms with Gasteiger partial charge in [0.25, 0.3) is 0 Å². The highest BCUT2D eigenvalue weighted by atomic mass is 35.5. The summed E-state index contributed by atoms with van der Waals surface area (Å²) in [5.41, 5.74) is 0.764. The van der Waals surface area contributed by atoms with Crippen LogP contribution in [0.1, 0.15) is 31.7 Å². The summed E-state index contributed by atoms with van der Waals surface area (Å²) in [5.74, 6) is 1.22. The second kappa shape index (κ2) is 6.81. The molecule has 6 heteroatoms. The highest BCUT2D eigenvalue weighted by molar-refractivity contribution is 6.33. The van der Waals surface area contributed by atoms with Crippen LogP contribution >= 0.6 is 11.6 Å². The Labute approximate surface area is 140 Å². The molecule has 1 N–H and O–H groups in total. The zero-order valence-corrected chi connectivity index (χ0v) is 14.1. The van der Waals surface area contributed by atoms with Gasteiger partial charge in [0.05, 0.1) is 18.2 Å². The molecule has 23 heavy (non-hydrogen) atoms. The number of aromatic nitrogens is 2. The largest absolute Gasteiger partial charge is 0.504 e. The molecule has 0 bridgehead atoms. The predicted octanol–water partition coefficient (Wildman–Crippen LogP) is 4.05. The predicted molar refractivity (Wildman–Crippen MR) is 89.2 cm³/mol. The van der Waals surface area contributed by atoms with E-state index < -0.39 is 0 Å². The minimum atomic E-state index is 0.0277. The number of imidazole rings is 1. The van der Waals surface area contributed by atoms with E-state index in [1.165, 1.54) is 13.2 Å². The van der Waals surface area contributed by atoms with Crippen LogP contribution in [0.25, 0.3) is 11.4 Å². The van der Waals surface area contributed by atoms with Gasteiger partial charge in [0.15, 0.2) is 11.5 Å². The number of phenols is 1. The summed E-state index contributed by atoms with van der Waals surface area (Å²) >= 11 is 6.32. The molecular formula is C17H21ClN2O3. The van der Waals surface area contributed by atoms with Crippen LogP contribution in [0.5, 0.6) is 11.5 Å². The van der Waals surface area contributed by atoms with Crippen molar-refractivity contribution in [1.82, 2.24) is 9.55 Å². The molecular weight excluding hydrogens is 316 g/mol. The van der Waals surface area contributed by atoms with Crippen molar-refractivity contribution in [2.24, 2.45) is 0 Å². The van der Waals surface area contributed by atoms with Gasteiger partial charge in [-0.1, -0.05) is 11.6 Å². The Morgan fingerprint density at radius 1 is 1.22 bits per heavy atom. The number of rotatable bonds is 4. The van der Waals surface area contributed by atoms with Crippen LogP contribution in [0.2, 0.25) is 5.02 Å². The average molecular weight is 337 g/mol. The molecule has 1 aromatic carbocycles. The molecule has 124 valence electrons. The minimum Gasteiger partial charge on any atom is -0.504 e. The standard InChI is InChI=1S/C17H21ClN2O3/c1-22-12-5-3-11(4-6-12)20-8-7-19-17(20)13-9-16(23-2)15(21)10-14(13)18/h7-12,21H,3-6H2,1-2H3. The minimum absolute atomic E-state index is 0.0277. The number of hydrogen-bond donors (Lipinski definition) is 1. The summed E-state index contributed by atoms with van der Waals surface area (Å²) in [6.45, 7) is 0. The summed E-state index contributed by atoms with van der Waals surface area (Å²) in [6, 6.07) is 3.61. The summed E-state index contributed by atoms with van der Waals surface area (Å²) in [7, 11) is 3.29. The Hall–Kier alpha value is -1.72. The van der Waals surface area contributed by atoms with Crippen LogP contribution in [0.3, 0.4) is 0 Å². The molecule has 0 amide bonds. The van der Waals surface area contributed by atoms with E-state index in [0.717, 1.165) is 37.1 Å². The van der Waals surface area contributed by atoms with Crippen molar-refractivity contribution in [3.8, 4) is 22.9 Å². The van der Waals surface area contributed by atoms with Gasteiger partial charge in [0.2, 0.25) is 0 Å². The Bertz CT molecular complexity index is 678. The topological polar surface area (TPSA) is 56.5 Å². The molecule has 0 unspecified atom stereocenters. The number of aromatic hydroxyl groups is 1. The first-order valence-corrected chi connectivity index (χ1v) is 8.14. The molecule has 1 aromatic heterocycles. The third-order valence-electron chi connectivity index (χ3n) is 4.55. The van der Waals surface area contributed by atoms with Crippen molar-refractivity contribution < 1.29 is 14.6 Å². The molecule has 1 aliphatic carbocycles. The van der Waals surface area contributed by atoms with Crippen molar-refractivity contribution in [1.29, 1.82) is 0 Å². The number of nitrogens with zero attached hydrogens (tertiary/aromatic N) is 2. The maximum Gasteiger partial charge on any atom is 0.161 e. The molecule has 1 aliphatic rings. The molecule has 2 aromatic rings. The number of phenolic OH excluding ortho intramolecular Hbond substituents is 1. The van der Waals surface area contributed by atoms with E-state index >= 15 is 0 Å². The highest BCUT2D eigenvalue weighted by Crippen LogP contribution is 2.39. The molecule has 0 spiro atoms. The zero-order valence-electron chi connectivity index (χ0n) is 13.3. The number of ether oxygens (including phenoxy) is 2. The lowest BCUT2D eigenvalue weighted by Gasteiger charge is -2.29. The first kappa shape index (κ1) is 16.1. The average Bonchev–Trinajstić information content (AvgIpc) is 3.04. The summed E-state index contributed by atoms with van der Waals surface area (Å²) in [5, 5.41) is 10.3. The molecule has 0 saturated heterocycles. The second-order valence-electron chi connectivity index (χ2n) is 5.83. The normalized spacial score (nSPS) is 21.3. The van der Waals surface area contributed by atoms with Crippen molar-refractivity contribution in [2.45, 2.75) is 37.8 Å². The fourth-order valence-electron chi connectivity index (χ4n) is 3.25. The molecule has 5 nitrogen and oxygen atoms in total. The Kier molecular flexibility index (Phi) is 4.78. The Morgan fingerprint density at radius 2 is 1.96 bits per heavy atom. The summed E-state index contributed by atoms with van der Waals surface area (Å²) in [6.07, 6.45) is 8.33. The number of benzene rings is 1. The van der Waals surface area contributed by atoms with Crippen molar-refractivity contribution in [2.75, 3.05) is 14.2 Å². The first-order chi connectivity index (χ1) is 11.1. The zero-order chi connectivity index (χ0) is 16.4. The fourth-order valence-corrected chi connectivity index (χ4v) is 3.50. The summed E-state index contributed by atoms with van der Waals surface area (Å²) in [4.78, 5) is 4.48. The van der Waals surface area contributed by atoms with Gasteiger partial charge in [0, 0.05) is 37.2 Å². The first-order valence-electron chi connectivity index (χ1n) is 7.76. The highest BCUT2D eigenvalue weighted by Gasteiger charge is 2.25. The number of methoxy groups -OCH3 is 2. The van der Waals surface area contributed by atoms with Gasteiger partial charge < -0.3 is 19.1 Å². The van der Waals surface area contributed by atoms with Crippen LogP contribution in [0.15, 0.2) is 24.5 Å². The maximum atomic E-state index is 9.84. The second-order valence-corrected chi connectivity index (χ2v) is 6.24. The monoisotopic (exact) mass is 336 g/mol. The third kappa shape index (κ3) is 3.16. The van der Waals surface area contributed by atoms with Crippen LogP contribution < -0.4 is 4.74 Å². The van der Waals surface area contributed by atoms with Crippen molar-refractivity contribution in [3.05, 3.63) is 29.5 Å². The van der Waals surface area contributed by atoms with Crippen LogP contribution in [-0.2, 0) is 4.74 Å². The van der Waals surface area contributed by atoms with Crippen LogP contribution in [0.4, 0.5) is 0 Å². The Morgan fingerprint density at radius 3 is 2.61 bits per heavy atom. The lowest BCUT2D eigenvalue weighted by atomic mass is 9.92. The molecule has 1 fully saturated rings. The van der Waals surface area contributed by atoms with E-state index in [9.17, 15) is 5.11 Å². The van der Waals surface area contributed by atoms with Gasteiger partial charge in [-0.15, -0.1) is 0 Å². The SMILES string of the molecule is COc1cc(-c2nccn2C2CCC(OC)CC2)c(Cl)cc1O. The van der Waals surface area contributed by atoms with Gasteiger partial charge in [-0.2, -0.15) is 0 Å². The molecule has 1 heterocycles. The van der Waals surface area contributed by atoms with E-state index in [1.807, 2.05) is 6.20 Å². The lowest BCUT2D eigenvalue weighted by Crippen LogP contribution is -2.22. The van der Waals surface area contributed by atoms with E-state index in [4.69, 9.17) is 21.1 Å². The Balaban J connectivity index is 1.93. The van der Waals surface area contributed by atoms with Crippen LogP contribution in [0, 0.1) is 0 Å². The van der Waals surface area contributed by atoms with Crippen LogP contribution in [-0.4, -0.2) is 35.0 Å². The third-order valence-corrected chi connectivity index (χ3v) is 4.86. The number of halogens is 1. The maximum absolute atomic E-state index is 9.84. The fraction of sp³-hybridized carbons (Fsp3) is 0.471. The number of hydrogen-bond acceptors (Lipinski definition) is 4. The molecule has 3 rings (SSSR count). The van der Waals surface area contributed by atoms with Gasteiger partial charge in [-0.25, -0.2) is 4.98 Å². The van der Waals surface area contributed by atoms with Crippen molar-refractivity contribution in [3.63, 3.8) is 0 Å². The van der Waals surface area contributed by atoms with E-state index in [0.29, 0.717) is 22.9 Å². The van der Waals surface area contributed by atoms with E-state index in [2.05, 4.69) is 9.55 Å². The van der Waals surface area contributed by atoms with Gasteiger partial charge in [-0.3, -0.25) is 0 Å². The smallest absolute Gasteiger partial charge is 0.161 e. The van der Waals surface area contributed by atoms with Gasteiger partial charge >= 0.3 is 0 Å². The quantitative estimate of drug-likeness (QED) is 0.915. The van der Waals surface area contributed by atoms with Crippen molar-refractivity contribution >= 4 is 11.6 Å². The van der Waals surface area contributed by atoms with E-state index in [1.54, 1.807) is 19.4 Å². The lowest BCUT2D eigenvalue weighted by molar-refractivity contribution is 0.0586. The molecule has 0 atom stereocenters. The van der Waals surface area contributed by atoms with Gasteiger partial charge in [-0.05, 0) is 31.7 Å². The van der Waals surface area contributed by atoms with E-state index in [-0.39, 0.29) is 5.75 Å². The van der Waals surface area contributed by atoms with Gasteiger partial charge in [0.1, 0.15) is 5.82 Å². The molecule has 0 radical (unpaired) electrons.